The number of aromatic nitrogens is 1. The maximum atomic E-state index is 14.3. The SMILES string of the molecule is CCc1cccc(CC)c1-c1cc(OC2CCCC2)c(COc2cc(C(F)(F)F)ccc2F)c(C)n1. The summed E-state index contributed by atoms with van der Waals surface area (Å²) in [6.07, 6.45) is 1.20. The number of hydrogen-bond acceptors (Lipinski definition) is 3. The highest BCUT2D eigenvalue weighted by molar-refractivity contribution is 5.70. The molecule has 1 aliphatic rings. The zero-order valence-corrected chi connectivity index (χ0v) is 20.8. The number of halogens is 4. The van der Waals surface area contributed by atoms with Gasteiger partial charge in [-0.2, -0.15) is 13.2 Å². The highest BCUT2D eigenvalue weighted by atomic mass is 19.4. The van der Waals surface area contributed by atoms with Gasteiger partial charge in [0.05, 0.1) is 22.9 Å². The van der Waals surface area contributed by atoms with Gasteiger partial charge in [0, 0.05) is 17.3 Å². The molecule has 1 saturated carbocycles. The summed E-state index contributed by atoms with van der Waals surface area (Å²) >= 11 is 0. The summed E-state index contributed by atoms with van der Waals surface area (Å²) in [5.74, 6) is -0.720. The molecule has 3 nitrogen and oxygen atoms in total. The van der Waals surface area contributed by atoms with Crippen LogP contribution < -0.4 is 9.47 Å². The predicted octanol–water partition coefficient (Wildman–Crippen LogP) is 8.24. The Morgan fingerprint density at radius 2 is 1.61 bits per heavy atom. The summed E-state index contributed by atoms with van der Waals surface area (Å²) in [6, 6.07) is 10.3. The van der Waals surface area contributed by atoms with E-state index < -0.39 is 23.3 Å². The van der Waals surface area contributed by atoms with Crippen LogP contribution in [0.4, 0.5) is 17.6 Å². The molecule has 36 heavy (non-hydrogen) atoms. The van der Waals surface area contributed by atoms with Gasteiger partial charge in [-0.15, -0.1) is 0 Å². The fourth-order valence-corrected chi connectivity index (χ4v) is 4.78. The van der Waals surface area contributed by atoms with E-state index >= 15 is 0 Å². The number of benzene rings is 2. The lowest BCUT2D eigenvalue weighted by Gasteiger charge is -2.21. The fourth-order valence-electron chi connectivity index (χ4n) is 4.78. The first-order valence-corrected chi connectivity index (χ1v) is 12.5. The third kappa shape index (κ3) is 5.66. The molecule has 2 aromatic carbocycles. The highest BCUT2D eigenvalue weighted by Crippen LogP contribution is 2.37. The predicted molar refractivity (Wildman–Crippen MR) is 132 cm³/mol. The van der Waals surface area contributed by atoms with E-state index in [1.165, 1.54) is 11.1 Å². The number of pyridine rings is 1. The topological polar surface area (TPSA) is 31.4 Å². The minimum atomic E-state index is -4.59. The number of ether oxygens (including phenoxy) is 2. The standard InChI is InChI=1S/C29H31F4NO2/c1-4-19-9-8-10-20(5-2)28(19)25-16-26(36-22-11-6-7-12-22)23(18(3)34-25)17-35-27-15-21(29(31,32)33)13-14-24(27)30/h8-10,13-16,22H,4-7,11-12,17H2,1-3H3. The summed E-state index contributed by atoms with van der Waals surface area (Å²) in [4.78, 5) is 4.85. The van der Waals surface area contributed by atoms with Crippen LogP contribution in [-0.2, 0) is 25.6 Å². The molecule has 0 atom stereocenters. The molecule has 0 unspecified atom stereocenters. The molecule has 4 rings (SSSR count). The van der Waals surface area contributed by atoms with Crippen LogP contribution in [0.3, 0.4) is 0 Å². The van der Waals surface area contributed by atoms with Gasteiger partial charge in [-0.1, -0.05) is 32.0 Å². The Morgan fingerprint density at radius 1 is 0.944 bits per heavy atom. The minimum Gasteiger partial charge on any atom is -0.490 e. The Morgan fingerprint density at radius 3 is 2.22 bits per heavy atom. The zero-order chi connectivity index (χ0) is 25.9. The van der Waals surface area contributed by atoms with Crippen molar-refractivity contribution < 1.29 is 27.0 Å². The van der Waals surface area contributed by atoms with Crippen LogP contribution in [0.1, 0.15) is 67.5 Å². The van der Waals surface area contributed by atoms with Crippen molar-refractivity contribution in [2.45, 2.75) is 78.2 Å². The van der Waals surface area contributed by atoms with Gasteiger partial charge < -0.3 is 9.47 Å². The van der Waals surface area contributed by atoms with Crippen LogP contribution in [-0.4, -0.2) is 11.1 Å². The van der Waals surface area contributed by atoms with Crippen molar-refractivity contribution in [1.82, 2.24) is 4.98 Å². The van der Waals surface area contributed by atoms with Gasteiger partial charge in [-0.3, -0.25) is 4.98 Å². The molecular weight excluding hydrogens is 470 g/mol. The fraction of sp³-hybridized carbons (Fsp3) is 0.414. The number of hydrogen-bond donors (Lipinski definition) is 0. The first kappa shape index (κ1) is 26.0. The molecule has 7 heteroatoms. The molecule has 1 heterocycles. The van der Waals surface area contributed by atoms with Crippen molar-refractivity contribution in [2.24, 2.45) is 0 Å². The van der Waals surface area contributed by atoms with Gasteiger partial charge >= 0.3 is 6.18 Å². The molecule has 0 saturated heterocycles. The van der Waals surface area contributed by atoms with Gasteiger partial charge in [-0.25, -0.2) is 4.39 Å². The third-order valence-corrected chi connectivity index (χ3v) is 6.77. The molecule has 1 fully saturated rings. The van der Waals surface area contributed by atoms with E-state index in [1.54, 1.807) is 0 Å². The van der Waals surface area contributed by atoms with Crippen molar-refractivity contribution in [2.75, 3.05) is 0 Å². The maximum Gasteiger partial charge on any atom is 0.416 e. The largest absolute Gasteiger partial charge is 0.490 e. The van der Waals surface area contributed by atoms with Gasteiger partial charge in [-0.05, 0) is 74.8 Å². The average molecular weight is 502 g/mol. The molecule has 0 N–H and O–H groups in total. The average Bonchev–Trinajstić information content (AvgIpc) is 3.36. The lowest BCUT2D eigenvalue weighted by molar-refractivity contribution is -0.137. The van der Waals surface area contributed by atoms with E-state index in [1.807, 2.05) is 13.0 Å². The van der Waals surface area contributed by atoms with Crippen molar-refractivity contribution in [3.05, 3.63) is 76.2 Å². The molecule has 1 aliphatic carbocycles. The molecule has 1 aromatic heterocycles. The Hall–Kier alpha value is -3.09. The first-order chi connectivity index (χ1) is 17.2. The second-order valence-corrected chi connectivity index (χ2v) is 9.18. The molecule has 0 aliphatic heterocycles. The molecule has 192 valence electrons. The van der Waals surface area contributed by atoms with Crippen LogP contribution in [0.2, 0.25) is 0 Å². The summed E-state index contributed by atoms with van der Waals surface area (Å²) in [6.45, 7) is 5.88. The van der Waals surface area contributed by atoms with Crippen molar-refractivity contribution in [3.8, 4) is 22.8 Å². The second kappa shape index (κ2) is 10.9. The second-order valence-electron chi connectivity index (χ2n) is 9.18. The van der Waals surface area contributed by atoms with E-state index in [0.717, 1.165) is 55.8 Å². The maximum absolute atomic E-state index is 14.3. The van der Waals surface area contributed by atoms with E-state index in [2.05, 4.69) is 32.0 Å². The van der Waals surface area contributed by atoms with E-state index in [-0.39, 0.29) is 12.7 Å². The van der Waals surface area contributed by atoms with Crippen LogP contribution in [0.25, 0.3) is 11.3 Å². The molecule has 0 spiro atoms. The summed E-state index contributed by atoms with van der Waals surface area (Å²) in [5.41, 5.74) is 4.53. The van der Waals surface area contributed by atoms with Crippen molar-refractivity contribution in [3.63, 3.8) is 0 Å². The lowest BCUT2D eigenvalue weighted by atomic mass is 9.94. The lowest BCUT2D eigenvalue weighted by Crippen LogP contribution is -2.15. The molecular formula is C29H31F4NO2. The van der Waals surface area contributed by atoms with Crippen LogP contribution in [0.15, 0.2) is 42.5 Å². The van der Waals surface area contributed by atoms with Gasteiger partial charge in [0.1, 0.15) is 12.4 Å². The quantitative estimate of drug-likeness (QED) is 0.291. The van der Waals surface area contributed by atoms with E-state index in [0.29, 0.717) is 29.1 Å². The molecule has 0 radical (unpaired) electrons. The minimum absolute atomic E-state index is 0.0516. The van der Waals surface area contributed by atoms with E-state index in [9.17, 15) is 17.6 Å². The first-order valence-electron chi connectivity index (χ1n) is 12.5. The van der Waals surface area contributed by atoms with Crippen molar-refractivity contribution in [1.29, 1.82) is 0 Å². The normalized spacial score (nSPS) is 14.3. The summed E-state index contributed by atoms with van der Waals surface area (Å²) < 4.78 is 65.7. The molecule has 0 bridgehead atoms. The number of alkyl halides is 3. The van der Waals surface area contributed by atoms with Gasteiger partial charge in [0.15, 0.2) is 11.6 Å². The zero-order valence-electron chi connectivity index (χ0n) is 20.8. The Balaban J connectivity index is 1.73. The number of aryl methyl sites for hydroxylation is 3. The number of nitrogens with zero attached hydrogens (tertiary/aromatic N) is 1. The Labute approximate surface area is 209 Å². The Bertz CT molecular complexity index is 1190. The summed E-state index contributed by atoms with van der Waals surface area (Å²) in [5, 5.41) is 0. The van der Waals surface area contributed by atoms with Crippen molar-refractivity contribution >= 4 is 0 Å². The summed E-state index contributed by atoms with van der Waals surface area (Å²) in [7, 11) is 0. The monoisotopic (exact) mass is 501 g/mol. The smallest absolute Gasteiger partial charge is 0.416 e. The third-order valence-electron chi connectivity index (χ3n) is 6.77. The van der Waals surface area contributed by atoms with Crippen LogP contribution in [0, 0.1) is 12.7 Å². The van der Waals surface area contributed by atoms with Gasteiger partial charge in [0.2, 0.25) is 0 Å². The number of rotatable bonds is 8. The molecule has 3 aromatic rings. The molecule has 0 amide bonds. The Kier molecular flexibility index (Phi) is 7.86. The van der Waals surface area contributed by atoms with Crippen LogP contribution >= 0.6 is 0 Å². The highest BCUT2D eigenvalue weighted by Gasteiger charge is 2.31. The van der Waals surface area contributed by atoms with Crippen LogP contribution in [0.5, 0.6) is 11.5 Å². The van der Waals surface area contributed by atoms with Gasteiger partial charge in [0.25, 0.3) is 0 Å². The van der Waals surface area contributed by atoms with E-state index in [4.69, 9.17) is 14.5 Å².